The Balaban J connectivity index is 0.834. The molecule has 0 bridgehead atoms. The fourth-order valence-corrected chi connectivity index (χ4v) is 9.87. The molecular weight excluding hydrogens is 884 g/mol. The summed E-state index contributed by atoms with van der Waals surface area (Å²) < 4.78 is 37.9. The number of amides is 3. The lowest BCUT2D eigenvalue weighted by Gasteiger charge is -2.43. The van der Waals surface area contributed by atoms with Crippen LogP contribution in [0.2, 0.25) is 5.02 Å². The van der Waals surface area contributed by atoms with Gasteiger partial charge in [-0.25, -0.2) is 13.4 Å². The number of carbonyl (C=O) groups excluding carboxylic acids is 3. The van der Waals surface area contributed by atoms with Crippen LogP contribution in [-0.4, -0.2) is 129 Å². The van der Waals surface area contributed by atoms with Gasteiger partial charge in [-0.3, -0.25) is 34.2 Å². The smallest absolute Gasteiger partial charge is 0.255 e. The molecule has 66 heavy (non-hydrogen) atoms. The van der Waals surface area contributed by atoms with Crippen molar-refractivity contribution in [2.45, 2.75) is 64.1 Å². The first-order chi connectivity index (χ1) is 31.8. The third-order valence-electron chi connectivity index (χ3n) is 12.6. The Morgan fingerprint density at radius 2 is 1.71 bits per heavy atom. The minimum Gasteiger partial charge on any atom is -0.497 e. The van der Waals surface area contributed by atoms with Gasteiger partial charge < -0.3 is 29.9 Å². The molecule has 0 radical (unpaired) electrons. The lowest BCUT2D eigenvalue weighted by molar-refractivity contribution is -0.136. The zero-order chi connectivity index (χ0) is 46.5. The van der Waals surface area contributed by atoms with E-state index in [1.807, 2.05) is 12.1 Å². The summed E-state index contributed by atoms with van der Waals surface area (Å²) in [5.41, 5.74) is 5.94. The van der Waals surface area contributed by atoms with E-state index in [9.17, 15) is 22.8 Å². The molecule has 348 valence electrons. The number of halogens is 1. The fourth-order valence-electron chi connectivity index (χ4n) is 9.16. The maximum atomic E-state index is 13.2. The maximum Gasteiger partial charge on any atom is 0.255 e. The summed E-state index contributed by atoms with van der Waals surface area (Å²) >= 11 is 6.51. The zero-order valence-electron chi connectivity index (χ0n) is 37.6. The van der Waals surface area contributed by atoms with Gasteiger partial charge in [-0.15, -0.1) is 0 Å². The van der Waals surface area contributed by atoms with Gasteiger partial charge in [-0.05, 0) is 67.1 Å². The molecule has 1 unspecified atom stereocenters. The number of sulfonamides is 1. The zero-order valence-corrected chi connectivity index (χ0v) is 39.2. The highest BCUT2D eigenvalue weighted by atomic mass is 35.5. The molecule has 3 saturated heterocycles. The molecule has 0 saturated carbocycles. The number of piperazine rings is 1. The van der Waals surface area contributed by atoms with E-state index in [2.05, 4.69) is 76.2 Å². The molecule has 4 aliphatic heterocycles. The van der Waals surface area contributed by atoms with Gasteiger partial charge in [0.05, 0.1) is 43.7 Å². The molecule has 1 aromatic heterocycles. The highest BCUT2D eigenvalue weighted by Gasteiger charge is 2.40. The second kappa shape index (κ2) is 20.2. The van der Waals surface area contributed by atoms with Crippen molar-refractivity contribution in [3.8, 4) is 23.3 Å². The molecule has 5 heterocycles. The maximum absolute atomic E-state index is 13.2. The number of aromatic nitrogens is 2. The quantitative estimate of drug-likeness (QED) is 0.0934. The minimum absolute atomic E-state index is 0.187. The van der Waals surface area contributed by atoms with Crippen molar-refractivity contribution in [2.75, 3.05) is 86.5 Å². The Kier molecular flexibility index (Phi) is 14.2. The Labute approximate surface area is 390 Å². The Bertz CT molecular complexity index is 2680. The van der Waals surface area contributed by atoms with Crippen LogP contribution in [0, 0.1) is 11.8 Å². The van der Waals surface area contributed by atoms with E-state index in [1.165, 1.54) is 13.3 Å². The Morgan fingerprint density at radius 1 is 0.924 bits per heavy atom. The number of hydrogen-bond acceptors (Lipinski definition) is 14. The van der Waals surface area contributed by atoms with Gasteiger partial charge in [0, 0.05) is 100 Å². The summed E-state index contributed by atoms with van der Waals surface area (Å²) in [5, 5.41) is 9.04. The van der Waals surface area contributed by atoms with Crippen molar-refractivity contribution in [3.05, 3.63) is 82.0 Å². The monoisotopic (exact) mass is 938 g/mol. The SMILES string of the molecule is CCc1cc(Nc2ncc(Cl)c(Nc3ccc(OC)cc3NS(C)(=O)=O)n2)c(OC)cc1N1CCC(N2CCN(CCC#Cc3cccc4c3CN(C3CCC(=O)NC3=O)C4=O)CC2)CC1. The molecule has 4 aromatic rings. The molecule has 3 aromatic carbocycles. The normalized spacial score (nSPS) is 18.3. The van der Waals surface area contributed by atoms with E-state index in [-0.39, 0.29) is 40.7 Å². The predicted molar refractivity (Wildman–Crippen MR) is 255 cm³/mol. The molecule has 4 aliphatic rings. The van der Waals surface area contributed by atoms with E-state index in [1.54, 1.807) is 36.3 Å². The number of aryl methyl sites for hydroxylation is 1. The summed E-state index contributed by atoms with van der Waals surface area (Å²) in [5.74, 6) is 7.40. The molecule has 1 atom stereocenters. The molecule has 3 fully saturated rings. The first-order valence-electron chi connectivity index (χ1n) is 22.2. The van der Waals surface area contributed by atoms with Gasteiger partial charge in [0.25, 0.3) is 5.91 Å². The van der Waals surface area contributed by atoms with Gasteiger partial charge >= 0.3 is 0 Å². The van der Waals surface area contributed by atoms with E-state index < -0.39 is 22.0 Å². The van der Waals surface area contributed by atoms with Crippen molar-refractivity contribution < 1.29 is 32.3 Å². The first kappa shape index (κ1) is 46.4. The van der Waals surface area contributed by atoms with Crippen LogP contribution in [0.4, 0.5) is 34.5 Å². The van der Waals surface area contributed by atoms with Crippen LogP contribution in [0.15, 0.2) is 54.7 Å². The predicted octanol–water partition coefficient (Wildman–Crippen LogP) is 5.36. The number of methoxy groups -OCH3 is 2. The van der Waals surface area contributed by atoms with Gasteiger partial charge in [0.2, 0.25) is 27.8 Å². The number of ether oxygens (including phenoxy) is 2. The number of nitrogens with one attached hydrogen (secondary N) is 4. The van der Waals surface area contributed by atoms with Crippen LogP contribution in [0.3, 0.4) is 0 Å². The summed E-state index contributed by atoms with van der Waals surface area (Å²) in [6.07, 6.45) is 6.74. The van der Waals surface area contributed by atoms with Gasteiger partial charge in [0.1, 0.15) is 22.6 Å². The fraction of sp³-hybridized carbons (Fsp3) is 0.426. The summed E-state index contributed by atoms with van der Waals surface area (Å²) in [7, 11) is -0.455. The second-order valence-electron chi connectivity index (χ2n) is 16.8. The molecule has 0 aliphatic carbocycles. The molecule has 17 nitrogen and oxygen atoms in total. The van der Waals surface area contributed by atoms with Crippen molar-refractivity contribution in [3.63, 3.8) is 0 Å². The first-order valence-corrected chi connectivity index (χ1v) is 24.5. The molecule has 0 spiro atoms. The van der Waals surface area contributed by atoms with Crippen molar-refractivity contribution >= 4 is 73.9 Å². The van der Waals surface area contributed by atoms with Gasteiger partial charge in [-0.2, -0.15) is 4.98 Å². The number of rotatable bonds is 14. The topological polar surface area (TPSA) is 191 Å². The number of anilines is 6. The summed E-state index contributed by atoms with van der Waals surface area (Å²) in [6, 6.07) is 14.5. The minimum atomic E-state index is -3.59. The van der Waals surface area contributed by atoms with Gasteiger partial charge in [-0.1, -0.05) is 36.4 Å². The van der Waals surface area contributed by atoms with Crippen molar-refractivity contribution in [2.24, 2.45) is 0 Å². The summed E-state index contributed by atoms with van der Waals surface area (Å²) in [6.45, 7) is 9.19. The van der Waals surface area contributed by atoms with E-state index >= 15 is 0 Å². The van der Waals surface area contributed by atoms with E-state index in [0.29, 0.717) is 53.9 Å². The average molecular weight is 940 g/mol. The highest BCUT2D eigenvalue weighted by molar-refractivity contribution is 7.92. The Morgan fingerprint density at radius 3 is 2.42 bits per heavy atom. The lowest BCUT2D eigenvalue weighted by Crippen LogP contribution is -2.53. The van der Waals surface area contributed by atoms with Crippen molar-refractivity contribution in [1.82, 2.24) is 30.0 Å². The molecule has 3 amide bonds. The number of piperidine rings is 2. The number of fused-ring (bicyclic) bond motifs is 1. The van der Waals surface area contributed by atoms with Crippen LogP contribution < -0.4 is 35.0 Å². The highest BCUT2D eigenvalue weighted by Crippen LogP contribution is 2.38. The molecule has 4 N–H and O–H groups in total. The number of benzene rings is 3. The number of hydrogen-bond donors (Lipinski definition) is 4. The largest absolute Gasteiger partial charge is 0.497 e. The average Bonchev–Trinajstić information content (AvgIpc) is 3.65. The third-order valence-corrected chi connectivity index (χ3v) is 13.5. The molecular formula is C47H55ClN10O7S. The van der Waals surface area contributed by atoms with Crippen LogP contribution >= 0.6 is 11.6 Å². The van der Waals surface area contributed by atoms with Crippen molar-refractivity contribution in [1.29, 1.82) is 0 Å². The number of carbonyl (C=O) groups is 3. The van der Waals surface area contributed by atoms with Crippen LogP contribution in [0.25, 0.3) is 0 Å². The van der Waals surface area contributed by atoms with Crippen LogP contribution in [0.1, 0.15) is 66.1 Å². The van der Waals surface area contributed by atoms with Crippen LogP contribution in [0.5, 0.6) is 11.5 Å². The lowest BCUT2D eigenvalue weighted by atomic mass is 9.99. The molecule has 19 heteroatoms. The number of imide groups is 1. The Hall–Kier alpha value is -6.13. The van der Waals surface area contributed by atoms with E-state index in [4.69, 9.17) is 21.1 Å². The summed E-state index contributed by atoms with van der Waals surface area (Å²) in [4.78, 5) is 55.6. The third kappa shape index (κ3) is 10.6. The number of nitrogens with zero attached hydrogens (tertiary/aromatic N) is 6. The standard InChI is InChI=1S/C47H55ClN10O7S/c1-5-30-25-39(51-47-49-28-36(48)44(53-47)50-37-13-12-33(64-2)26-38(37)54-66(4,62)63)42(65-3)27-41(30)57-19-16-32(17-20-57)56-23-21-55(22-24-56)18-7-6-9-31-10-8-11-34-35(31)29-58(46(34)61)40-14-15-43(59)52-45(40)60/h8,10-13,25-28,32,40,54H,5,7,14-24,29H2,1-4H3,(H,52,59,60)(H2,49,50,51,53). The second-order valence-corrected chi connectivity index (χ2v) is 19.0. The molecule has 8 rings (SSSR count). The van der Waals surface area contributed by atoms with Gasteiger partial charge in [0.15, 0.2) is 5.82 Å². The van der Waals surface area contributed by atoms with Crippen LogP contribution in [-0.2, 0) is 32.6 Å². The van der Waals surface area contributed by atoms with E-state index in [0.717, 1.165) is 93.7 Å².